The predicted molar refractivity (Wildman–Crippen MR) is 171 cm³/mol. The number of rotatable bonds is 18. The fraction of sp³-hybridized carbons (Fsp3) is 0.452. The molecule has 1 aromatic carbocycles. The van der Waals surface area contributed by atoms with Gasteiger partial charge in [0.05, 0.1) is 43.6 Å². The fourth-order valence-corrected chi connectivity index (χ4v) is 3.86. The number of hydrogen-bond donors (Lipinski definition) is 5. The van der Waals surface area contributed by atoms with Crippen molar-refractivity contribution in [1.82, 2.24) is 16.0 Å². The van der Waals surface area contributed by atoms with Gasteiger partial charge in [0, 0.05) is 44.0 Å². The molecule has 43 heavy (non-hydrogen) atoms. The molecule has 12 heteroatoms. The lowest BCUT2D eigenvalue weighted by atomic mass is 10.1. The summed E-state index contributed by atoms with van der Waals surface area (Å²) in [6.07, 6.45) is 11.6. The molecule has 1 heterocycles. The molecular weight excluding hydrogens is 548 g/mol. The number of nitrogens with one attached hydrogen (secondary N) is 4. The third-order valence-corrected chi connectivity index (χ3v) is 6.02. The molecule has 0 spiro atoms. The van der Waals surface area contributed by atoms with E-state index in [0.717, 1.165) is 29.9 Å². The third-order valence-electron chi connectivity index (χ3n) is 6.02. The number of amidine groups is 2. The van der Waals surface area contributed by atoms with Gasteiger partial charge < -0.3 is 36.1 Å². The number of nitrogens with two attached hydrogens (primary N) is 1. The molecule has 1 aliphatic heterocycles. The highest BCUT2D eigenvalue weighted by atomic mass is 16.5. The van der Waals surface area contributed by atoms with Crippen molar-refractivity contribution in [2.75, 3.05) is 58.0 Å². The minimum absolute atomic E-state index is 0.00296. The van der Waals surface area contributed by atoms with Gasteiger partial charge in [-0.15, -0.1) is 6.42 Å². The van der Waals surface area contributed by atoms with E-state index in [2.05, 4.69) is 38.8 Å². The normalized spacial score (nSPS) is 13.8. The van der Waals surface area contributed by atoms with Crippen molar-refractivity contribution in [1.29, 1.82) is 5.41 Å². The maximum atomic E-state index is 12.6. The number of carbonyl (C=O) groups excluding carboxylic acids is 2. The van der Waals surface area contributed by atoms with Crippen molar-refractivity contribution in [2.24, 2.45) is 15.7 Å². The van der Waals surface area contributed by atoms with Crippen molar-refractivity contribution in [3.8, 4) is 12.3 Å². The number of hydrogen-bond acceptors (Lipinski definition) is 8. The molecule has 6 N–H and O–H groups in total. The Kier molecular flexibility index (Phi) is 15.8. The second-order valence-corrected chi connectivity index (χ2v) is 9.73. The molecule has 0 aromatic heterocycles. The van der Waals surface area contributed by atoms with Crippen molar-refractivity contribution < 1.29 is 19.1 Å². The zero-order chi connectivity index (χ0) is 31.5. The SMILES string of the molecule is C#CCOCCOCCNC(=O)CCCNC(=O)c1ccc(N(C)CC2=CN/C(=C\CCC)C(C(=N)N=C(C)N)=N2)cc1. The first kappa shape index (κ1) is 34.7. The number of allylic oxidation sites excluding steroid dienone is 1. The number of aliphatic imine (C=N–C) groups is 2. The monoisotopic (exact) mass is 592 g/mol. The van der Waals surface area contributed by atoms with Crippen LogP contribution < -0.4 is 26.6 Å². The van der Waals surface area contributed by atoms with Gasteiger partial charge >= 0.3 is 0 Å². The minimum atomic E-state index is -0.204. The Morgan fingerprint density at radius 2 is 1.93 bits per heavy atom. The lowest BCUT2D eigenvalue weighted by Crippen LogP contribution is -2.30. The van der Waals surface area contributed by atoms with E-state index in [1.807, 2.05) is 36.4 Å². The van der Waals surface area contributed by atoms with Gasteiger partial charge in [-0.2, -0.15) is 0 Å². The highest BCUT2D eigenvalue weighted by Crippen LogP contribution is 2.18. The summed E-state index contributed by atoms with van der Waals surface area (Å²) in [6.45, 7) is 6.46. The van der Waals surface area contributed by atoms with E-state index >= 15 is 0 Å². The average molecular weight is 593 g/mol. The van der Waals surface area contributed by atoms with E-state index in [0.29, 0.717) is 69.4 Å². The number of unbranched alkanes of at least 4 members (excludes halogenated alkanes) is 1. The van der Waals surface area contributed by atoms with Crippen LogP contribution >= 0.6 is 0 Å². The number of amides is 2. The van der Waals surface area contributed by atoms with E-state index in [9.17, 15) is 9.59 Å². The Balaban J connectivity index is 1.78. The lowest BCUT2D eigenvalue weighted by Gasteiger charge is -2.23. The highest BCUT2D eigenvalue weighted by Gasteiger charge is 2.18. The Labute approximate surface area is 254 Å². The van der Waals surface area contributed by atoms with Gasteiger partial charge in [0.2, 0.25) is 5.91 Å². The van der Waals surface area contributed by atoms with E-state index in [1.165, 1.54) is 0 Å². The number of ether oxygens (including phenoxy) is 2. The van der Waals surface area contributed by atoms with Crippen molar-refractivity contribution in [3.05, 3.63) is 53.5 Å². The number of anilines is 1. The summed E-state index contributed by atoms with van der Waals surface area (Å²) < 4.78 is 10.4. The maximum absolute atomic E-state index is 12.6. The van der Waals surface area contributed by atoms with E-state index in [-0.39, 0.29) is 24.3 Å². The number of nitrogens with zero attached hydrogens (tertiary/aromatic N) is 3. The molecule has 0 unspecified atom stereocenters. The molecule has 1 aliphatic rings. The highest BCUT2D eigenvalue weighted by molar-refractivity contribution is 6.48. The van der Waals surface area contributed by atoms with Crippen LogP contribution in [0.15, 0.2) is 57.9 Å². The van der Waals surface area contributed by atoms with Gasteiger partial charge in [-0.3, -0.25) is 15.0 Å². The molecule has 0 radical (unpaired) electrons. The Bertz CT molecular complexity index is 1240. The summed E-state index contributed by atoms with van der Waals surface area (Å²) in [6, 6.07) is 7.25. The zero-order valence-electron chi connectivity index (χ0n) is 25.4. The molecule has 2 amide bonds. The first-order valence-corrected chi connectivity index (χ1v) is 14.3. The van der Waals surface area contributed by atoms with Crippen LogP contribution in [0.3, 0.4) is 0 Å². The molecule has 0 bridgehead atoms. The van der Waals surface area contributed by atoms with Gasteiger partial charge in [-0.25, -0.2) is 9.98 Å². The van der Waals surface area contributed by atoms with E-state index < -0.39 is 0 Å². The molecule has 0 saturated heterocycles. The zero-order valence-corrected chi connectivity index (χ0v) is 25.4. The third kappa shape index (κ3) is 13.4. The smallest absolute Gasteiger partial charge is 0.251 e. The van der Waals surface area contributed by atoms with Crippen LogP contribution in [0.4, 0.5) is 5.69 Å². The predicted octanol–water partition coefficient (Wildman–Crippen LogP) is 2.34. The maximum Gasteiger partial charge on any atom is 0.251 e. The number of terminal acetylenes is 1. The number of benzene rings is 1. The molecule has 232 valence electrons. The average Bonchev–Trinajstić information content (AvgIpc) is 2.99. The number of carbonyl (C=O) groups is 2. The quantitative estimate of drug-likeness (QED) is 0.0755. The lowest BCUT2D eigenvalue weighted by molar-refractivity contribution is -0.121. The Morgan fingerprint density at radius 3 is 2.63 bits per heavy atom. The van der Waals surface area contributed by atoms with E-state index in [4.69, 9.17) is 27.0 Å². The first-order chi connectivity index (χ1) is 20.7. The minimum Gasteiger partial charge on any atom is -0.387 e. The van der Waals surface area contributed by atoms with Gasteiger partial charge in [-0.05, 0) is 44.0 Å². The standard InChI is InChI=1S/C31H44N8O4/c1-5-7-9-27-29(30(33)37-23(3)32)38-25(21-36-27)22-39(4)26-13-11-24(12-14-26)31(41)35-15-8-10-28(40)34-16-18-43-20-19-42-17-6-2/h2,9,11-14,21,36H,5,7-8,10,15-20,22H2,1,3-4H3,(H,34,40)(H,35,41)(H3,32,33,37)/b27-9-. The second-order valence-electron chi connectivity index (χ2n) is 9.73. The van der Waals surface area contributed by atoms with Crippen LogP contribution in [0.2, 0.25) is 0 Å². The largest absolute Gasteiger partial charge is 0.387 e. The van der Waals surface area contributed by atoms with Crippen LogP contribution in [0, 0.1) is 17.8 Å². The Hall–Kier alpha value is -4.47. The van der Waals surface area contributed by atoms with E-state index in [1.54, 1.807) is 19.1 Å². The summed E-state index contributed by atoms with van der Waals surface area (Å²) in [5.41, 5.74) is 9.02. The van der Waals surface area contributed by atoms with Crippen LogP contribution in [0.5, 0.6) is 0 Å². The van der Waals surface area contributed by atoms with Crippen molar-refractivity contribution in [3.63, 3.8) is 0 Å². The van der Waals surface area contributed by atoms with Crippen molar-refractivity contribution in [2.45, 2.75) is 39.5 Å². The summed E-state index contributed by atoms with van der Waals surface area (Å²) in [7, 11) is 1.92. The van der Waals surface area contributed by atoms with Crippen LogP contribution in [-0.4, -0.2) is 82.3 Å². The van der Waals surface area contributed by atoms with Crippen LogP contribution in [0.1, 0.15) is 49.9 Å². The Morgan fingerprint density at radius 1 is 1.19 bits per heavy atom. The molecule has 0 fully saturated rings. The van der Waals surface area contributed by atoms with Gasteiger partial charge in [0.25, 0.3) is 5.91 Å². The van der Waals surface area contributed by atoms with Gasteiger partial charge in [-0.1, -0.05) is 25.3 Å². The van der Waals surface area contributed by atoms with Gasteiger partial charge in [0.15, 0.2) is 5.84 Å². The second kappa shape index (κ2) is 19.6. The molecule has 0 saturated carbocycles. The summed E-state index contributed by atoms with van der Waals surface area (Å²) in [5, 5.41) is 17.2. The molecule has 1 aromatic rings. The van der Waals surface area contributed by atoms with Crippen LogP contribution in [-0.2, 0) is 14.3 Å². The van der Waals surface area contributed by atoms with Gasteiger partial charge in [0.1, 0.15) is 12.3 Å². The van der Waals surface area contributed by atoms with Crippen molar-refractivity contribution >= 4 is 34.9 Å². The fourth-order valence-electron chi connectivity index (χ4n) is 3.86. The summed E-state index contributed by atoms with van der Waals surface area (Å²) in [5.74, 6) is 2.37. The first-order valence-electron chi connectivity index (χ1n) is 14.3. The molecule has 0 aliphatic carbocycles. The molecular formula is C31H44N8O4. The summed E-state index contributed by atoms with van der Waals surface area (Å²) >= 11 is 0. The number of likely N-dealkylation sites (N-methyl/N-ethyl adjacent to an activating group) is 1. The molecule has 12 nitrogen and oxygen atoms in total. The summed E-state index contributed by atoms with van der Waals surface area (Å²) in [4.78, 5) is 35.3. The molecule has 0 atom stereocenters. The topological polar surface area (TPSA) is 167 Å². The van der Waals surface area contributed by atoms with Crippen LogP contribution in [0.25, 0.3) is 0 Å². The molecule has 2 rings (SSSR count).